The maximum absolute atomic E-state index is 13.0. The molecule has 0 aliphatic rings. The number of aliphatic hydroxyl groups is 1. The van der Waals surface area contributed by atoms with Crippen LogP contribution in [-0.4, -0.2) is 27.7 Å². The number of alkyl halides is 3. The van der Waals surface area contributed by atoms with Crippen LogP contribution in [0.2, 0.25) is 10.0 Å². The predicted octanol–water partition coefficient (Wildman–Crippen LogP) is 4.34. The van der Waals surface area contributed by atoms with Gasteiger partial charge >= 0.3 is 6.18 Å². The van der Waals surface area contributed by atoms with Gasteiger partial charge in [0.05, 0.1) is 16.7 Å². The Morgan fingerprint density at radius 2 is 1.88 bits per heavy atom. The number of benzene rings is 1. The van der Waals surface area contributed by atoms with Crippen molar-refractivity contribution in [1.82, 2.24) is 9.97 Å². The molecule has 2 rings (SSSR count). The lowest BCUT2D eigenvalue weighted by atomic mass is 10.3. The standard InChI is InChI=1S/C14H13Cl2F3N4O/c1-7(6-24)20-13-22-11(14(17,18)19)5-12(23-13)21-8-2-3-9(15)10(16)4-8/h2-5,7,24H,6H2,1H3,(H2,20,21,22,23)/t7-/m0/s1. The molecule has 130 valence electrons. The molecule has 0 bridgehead atoms. The second-order valence-corrected chi connectivity index (χ2v) is 5.76. The molecule has 0 radical (unpaired) electrons. The van der Waals surface area contributed by atoms with E-state index in [0.717, 1.165) is 6.07 Å². The van der Waals surface area contributed by atoms with E-state index in [1.165, 1.54) is 12.1 Å². The maximum atomic E-state index is 13.0. The van der Waals surface area contributed by atoms with E-state index >= 15 is 0 Å². The Balaban J connectivity index is 2.36. The number of anilines is 3. The Morgan fingerprint density at radius 1 is 1.17 bits per heavy atom. The third-order valence-corrected chi connectivity index (χ3v) is 3.60. The fourth-order valence-electron chi connectivity index (χ4n) is 1.71. The van der Waals surface area contributed by atoms with Crippen molar-refractivity contribution in [3.05, 3.63) is 40.0 Å². The molecule has 0 saturated heterocycles. The van der Waals surface area contributed by atoms with Crippen LogP contribution in [0.1, 0.15) is 12.6 Å². The molecule has 5 nitrogen and oxygen atoms in total. The summed E-state index contributed by atoms with van der Waals surface area (Å²) in [5.41, 5.74) is -0.704. The summed E-state index contributed by atoms with van der Waals surface area (Å²) in [4.78, 5) is 7.38. The first-order chi connectivity index (χ1) is 11.2. The van der Waals surface area contributed by atoms with Crippen molar-refractivity contribution in [2.24, 2.45) is 0 Å². The average molecular weight is 381 g/mol. The minimum absolute atomic E-state index is 0.0802. The molecule has 1 aromatic heterocycles. The lowest BCUT2D eigenvalue weighted by Crippen LogP contribution is -2.22. The second kappa shape index (κ2) is 7.42. The maximum Gasteiger partial charge on any atom is 0.433 e. The smallest absolute Gasteiger partial charge is 0.394 e. The monoisotopic (exact) mass is 380 g/mol. The van der Waals surface area contributed by atoms with Crippen LogP contribution in [0.15, 0.2) is 24.3 Å². The minimum atomic E-state index is -4.64. The van der Waals surface area contributed by atoms with Gasteiger partial charge in [0.1, 0.15) is 5.82 Å². The van der Waals surface area contributed by atoms with Crippen LogP contribution < -0.4 is 10.6 Å². The molecule has 0 aliphatic heterocycles. The van der Waals surface area contributed by atoms with Gasteiger partial charge in [-0.25, -0.2) is 4.98 Å². The van der Waals surface area contributed by atoms with Crippen LogP contribution in [0, 0.1) is 0 Å². The van der Waals surface area contributed by atoms with Gasteiger partial charge < -0.3 is 15.7 Å². The third-order valence-electron chi connectivity index (χ3n) is 2.86. The van der Waals surface area contributed by atoms with Crippen LogP contribution >= 0.6 is 23.2 Å². The summed E-state index contributed by atoms with van der Waals surface area (Å²) in [5, 5.41) is 14.9. The topological polar surface area (TPSA) is 70.1 Å². The van der Waals surface area contributed by atoms with Crippen molar-refractivity contribution in [2.75, 3.05) is 17.2 Å². The van der Waals surface area contributed by atoms with E-state index in [1.54, 1.807) is 13.0 Å². The number of rotatable bonds is 5. The Morgan fingerprint density at radius 3 is 2.46 bits per heavy atom. The molecule has 2 aromatic rings. The summed E-state index contributed by atoms with van der Waals surface area (Å²) in [5.74, 6) is -0.336. The number of nitrogens with zero attached hydrogens (tertiary/aromatic N) is 2. The molecule has 0 unspecified atom stereocenters. The molecule has 0 amide bonds. The van der Waals surface area contributed by atoms with Crippen molar-refractivity contribution in [2.45, 2.75) is 19.1 Å². The largest absolute Gasteiger partial charge is 0.433 e. The molecule has 3 N–H and O–H groups in total. The molecule has 24 heavy (non-hydrogen) atoms. The summed E-state index contributed by atoms with van der Waals surface area (Å²) in [7, 11) is 0. The number of hydrogen-bond donors (Lipinski definition) is 3. The van der Waals surface area contributed by atoms with Gasteiger partial charge in [-0.1, -0.05) is 23.2 Å². The molecule has 1 heterocycles. The van der Waals surface area contributed by atoms with Crippen molar-refractivity contribution >= 4 is 40.7 Å². The number of aliphatic hydroxyl groups excluding tert-OH is 1. The molecule has 0 spiro atoms. The van der Waals surface area contributed by atoms with E-state index in [4.69, 9.17) is 28.3 Å². The SMILES string of the molecule is C[C@@H](CO)Nc1nc(Nc2ccc(Cl)c(Cl)c2)cc(C(F)(F)F)n1. The molecule has 0 fully saturated rings. The Kier molecular flexibility index (Phi) is 5.74. The molecular weight excluding hydrogens is 368 g/mol. The lowest BCUT2D eigenvalue weighted by Gasteiger charge is -2.15. The van der Waals surface area contributed by atoms with Crippen molar-refractivity contribution in [1.29, 1.82) is 0 Å². The summed E-state index contributed by atoms with van der Waals surface area (Å²) in [6, 6.07) is 4.78. The summed E-state index contributed by atoms with van der Waals surface area (Å²) in [6.45, 7) is 1.30. The van der Waals surface area contributed by atoms with E-state index in [9.17, 15) is 13.2 Å². The van der Waals surface area contributed by atoms with Gasteiger partial charge in [-0.15, -0.1) is 0 Å². The van der Waals surface area contributed by atoms with Gasteiger partial charge in [-0.2, -0.15) is 18.2 Å². The fraction of sp³-hybridized carbons (Fsp3) is 0.286. The molecule has 0 saturated carbocycles. The highest BCUT2D eigenvalue weighted by Gasteiger charge is 2.34. The highest BCUT2D eigenvalue weighted by atomic mass is 35.5. The first-order valence-corrected chi connectivity index (χ1v) is 7.50. The molecule has 1 atom stereocenters. The number of nitrogens with one attached hydrogen (secondary N) is 2. The second-order valence-electron chi connectivity index (χ2n) is 4.94. The molecule has 1 aromatic carbocycles. The van der Waals surface area contributed by atoms with Crippen LogP contribution in [0.4, 0.5) is 30.6 Å². The van der Waals surface area contributed by atoms with Gasteiger partial charge in [-0.3, -0.25) is 0 Å². The van der Waals surface area contributed by atoms with Gasteiger partial charge in [0.15, 0.2) is 5.69 Å². The van der Waals surface area contributed by atoms with Crippen molar-refractivity contribution in [3.63, 3.8) is 0 Å². The lowest BCUT2D eigenvalue weighted by molar-refractivity contribution is -0.141. The normalized spacial score (nSPS) is 12.8. The van der Waals surface area contributed by atoms with Crippen molar-refractivity contribution in [3.8, 4) is 0 Å². The molecular formula is C14H13Cl2F3N4O. The van der Waals surface area contributed by atoms with Crippen molar-refractivity contribution < 1.29 is 18.3 Å². The summed E-state index contributed by atoms with van der Waals surface area (Å²) in [6.07, 6.45) is -4.64. The number of halogens is 5. The molecule has 0 aliphatic carbocycles. The third kappa shape index (κ3) is 4.86. The molecule has 10 heteroatoms. The average Bonchev–Trinajstić information content (AvgIpc) is 2.49. The van der Waals surface area contributed by atoms with Crippen LogP contribution in [0.3, 0.4) is 0 Å². The number of hydrogen-bond acceptors (Lipinski definition) is 5. The van der Waals surface area contributed by atoms with Gasteiger partial charge in [0.25, 0.3) is 0 Å². The quantitative estimate of drug-likeness (QED) is 0.719. The van der Waals surface area contributed by atoms with E-state index in [2.05, 4.69) is 20.6 Å². The predicted molar refractivity (Wildman–Crippen MR) is 86.9 cm³/mol. The van der Waals surface area contributed by atoms with Gasteiger partial charge in [0, 0.05) is 17.8 Å². The zero-order valence-electron chi connectivity index (χ0n) is 12.3. The first-order valence-electron chi connectivity index (χ1n) is 6.75. The minimum Gasteiger partial charge on any atom is -0.394 e. The van der Waals surface area contributed by atoms with E-state index in [-0.39, 0.29) is 23.4 Å². The highest BCUT2D eigenvalue weighted by Crippen LogP contribution is 2.31. The van der Waals surface area contributed by atoms with Crippen LogP contribution in [-0.2, 0) is 6.18 Å². The Labute approximate surface area is 145 Å². The zero-order chi connectivity index (χ0) is 17.9. The van der Waals surface area contributed by atoms with E-state index in [0.29, 0.717) is 10.7 Å². The fourth-order valence-corrected chi connectivity index (χ4v) is 2.01. The first kappa shape index (κ1) is 18.6. The van der Waals surface area contributed by atoms with E-state index in [1.807, 2.05) is 0 Å². The highest BCUT2D eigenvalue weighted by molar-refractivity contribution is 6.42. The van der Waals surface area contributed by atoms with Gasteiger partial charge in [-0.05, 0) is 25.1 Å². The number of aromatic nitrogens is 2. The van der Waals surface area contributed by atoms with Crippen LogP contribution in [0.25, 0.3) is 0 Å². The zero-order valence-corrected chi connectivity index (χ0v) is 13.8. The summed E-state index contributed by atoms with van der Waals surface area (Å²) < 4.78 is 39.0. The van der Waals surface area contributed by atoms with Gasteiger partial charge in [0.2, 0.25) is 5.95 Å². The van der Waals surface area contributed by atoms with Crippen LogP contribution in [0.5, 0.6) is 0 Å². The summed E-state index contributed by atoms with van der Waals surface area (Å²) >= 11 is 11.7. The van der Waals surface area contributed by atoms with E-state index < -0.39 is 17.9 Å². The Hall–Kier alpha value is -1.77. The Bertz CT molecular complexity index is 728.